The number of carbonyl (C=O) groups excluding carboxylic acids is 7. The van der Waals surface area contributed by atoms with Crippen LogP contribution in [0.4, 0.5) is 10.5 Å². The second kappa shape index (κ2) is 30.1. The number of anilines is 1. The van der Waals surface area contributed by atoms with E-state index in [-0.39, 0.29) is 61.8 Å². The highest BCUT2D eigenvalue weighted by molar-refractivity contribution is 6.35. The number of rotatable bonds is 22. The molecule has 2 aliphatic heterocycles. The lowest BCUT2D eigenvalue weighted by molar-refractivity contribution is -0.176. The summed E-state index contributed by atoms with van der Waals surface area (Å²) in [6.07, 6.45) is -0.521. The fourth-order valence-electron chi connectivity index (χ4n) is 10.00. The van der Waals surface area contributed by atoms with Crippen molar-refractivity contribution < 1.29 is 72.9 Å². The van der Waals surface area contributed by atoms with E-state index in [9.17, 15) is 54.0 Å². The number of methoxy groups -OCH3 is 2. The Morgan fingerprint density at radius 3 is 2.33 bits per heavy atom. The number of benzene rings is 2. The van der Waals surface area contributed by atoms with Crippen molar-refractivity contribution in [2.24, 2.45) is 5.92 Å². The van der Waals surface area contributed by atoms with Crippen LogP contribution in [-0.4, -0.2) is 210 Å². The fraction of sp³-hybridized carbons (Fsp3) is 0.561. The van der Waals surface area contributed by atoms with Gasteiger partial charge in [-0.25, -0.2) is 14.6 Å². The summed E-state index contributed by atoms with van der Waals surface area (Å²) in [5, 5.41) is 52.1. The van der Waals surface area contributed by atoms with Gasteiger partial charge in [-0.1, -0.05) is 60.5 Å². The third-order valence-electron chi connectivity index (χ3n) is 15.0. The van der Waals surface area contributed by atoms with Gasteiger partial charge in [0.1, 0.15) is 35.1 Å². The number of aromatic nitrogens is 1. The number of halogens is 1. The number of amides is 6. The molecule has 6 amide bonds. The molecule has 452 valence electrons. The number of likely N-dealkylation sites (N-methyl/N-ethyl adjacent to an activating group) is 1. The number of alkyl carbamates (subject to hydrolysis) is 1. The van der Waals surface area contributed by atoms with Gasteiger partial charge in [0, 0.05) is 84.9 Å². The molecule has 2 aromatic carbocycles. The molecular formula is C57H82ClN9O15. The SMILES string of the molecule is CNN(C)Cc1cc2ccccc2n1CCC(=O)NCC(=O)N(CCO)CC(=O)N(CCO)CCC(=O)N(C)C(C)C(=O)OC1CC(=O)N(C)c2cc(cc(OC)c2Cl)CC(C)=CC=CC(OC)C2(O)CC(OC(=O)N2)C(C)CC1(C)O. The maximum Gasteiger partial charge on any atom is 0.409 e. The zero-order valence-corrected chi connectivity index (χ0v) is 49.4. The minimum atomic E-state index is -2.04. The Morgan fingerprint density at radius 2 is 1.66 bits per heavy atom. The molecular weight excluding hydrogens is 1090 g/mol. The summed E-state index contributed by atoms with van der Waals surface area (Å²) < 4.78 is 24.9. The predicted octanol–water partition coefficient (Wildman–Crippen LogP) is 2.26. The van der Waals surface area contributed by atoms with Crippen LogP contribution in [-0.2, 0) is 62.5 Å². The number of fused-ring (bicyclic) bond motifs is 5. The molecule has 3 heterocycles. The van der Waals surface area contributed by atoms with Crippen LogP contribution < -0.4 is 25.7 Å². The van der Waals surface area contributed by atoms with Gasteiger partial charge in [0.2, 0.25) is 29.5 Å². The second-order valence-corrected chi connectivity index (χ2v) is 21.6. The van der Waals surface area contributed by atoms with E-state index in [1.807, 2.05) is 47.8 Å². The number of aliphatic hydroxyl groups excluding tert-OH is 2. The first kappa shape index (κ1) is 66.2. The van der Waals surface area contributed by atoms with E-state index in [4.69, 9.17) is 30.5 Å². The number of esters is 1. The maximum absolute atomic E-state index is 14.4. The van der Waals surface area contributed by atoms with Crippen molar-refractivity contribution in [2.75, 3.05) is 93.2 Å². The smallest absolute Gasteiger partial charge is 0.409 e. The molecule has 0 saturated carbocycles. The molecule has 24 nitrogen and oxygen atoms in total. The minimum Gasteiger partial charge on any atom is -0.495 e. The zero-order chi connectivity index (χ0) is 60.6. The van der Waals surface area contributed by atoms with Crippen molar-refractivity contribution in [2.45, 2.75) is 115 Å². The van der Waals surface area contributed by atoms with E-state index in [2.05, 4.69) is 22.1 Å². The Kier molecular flexibility index (Phi) is 24.3. The Hall–Kier alpha value is -6.64. The van der Waals surface area contributed by atoms with Crippen molar-refractivity contribution in [3.63, 3.8) is 0 Å². The molecule has 0 radical (unpaired) electrons. The highest BCUT2D eigenvalue weighted by Gasteiger charge is 2.49. The van der Waals surface area contributed by atoms with Crippen molar-refractivity contribution in [3.8, 4) is 5.75 Å². The normalized spacial score (nSPS) is 22.0. The van der Waals surface area contributed by atoms with E-state index in [0.29, 0.717) is 25.1 Å². The molecule has 7 atom stereocenters. The fourth-order valence-corrected chi connectivity index (χ4v) is 10.3. The molecule has 1 fully saturated rings. The summed E-state index contributed by atoms with van der Waals surface area (Å²) in [6.45, 7) is 4.36. The number of hydrogen-bond donors (Lipinski definition) is 7. The van der Waals surface area contributed by atoms with Crippen LogP contribution in [0.1, 0.15) is 71.1 Å². The third kappa shape index (κ3) is 17.5. The van der Waals surface area contributed by atoms with Gasteiger partial charge in [-0.2, -0.15) is 0 Å². The van der Waals surface area contributed by atoms with Crippen LogP contribution in [0.3, 0.4) is 0 Å². The van der Waals surface area contributed by atoms with Gasteiger partial charge >= 0.3 is 12.1 Å². The largest absolute Gasteiger partial charge is 0.495 e. The van der Waals surface area contributed by atoms with E-state index in [1.165, 1.54) is 47.1 Å². The summed E-state index contributed by atoms with van der Waals surface area (Å²) in [5.41, 5.74) is 2.82. The third-order valence-corrected chi connectivity index (χ3v) is 15.4. The predicted molar refractivity (Wildman–Crippen MR) is 305 cm³/mol. The van der Waals surface area contributed by atoms with Gasteiger partial charge in [0.15, 0.2) is 5.72 Å². The summed E-state index contributed by atoms with van der Waals surface area (Å²) in [4.78, 5) is 100. The maximum atomic E-state index is 14.4. The van der Waals surface area contributed by atoms with Crippen LogP contribution in [0.15, 0.2) is 66.3 Å². The number of aliphatic hydroxyl groups is 4. The summed E-state index contributed by atoms with van der Waals surface area (Å²) in [7, 11) is 9.30. The van der Waals surface area contributed by atoms with E-state index >= 15 is 0 Å². The van der Waals surface area contributed by atoms with E-state index in [1.54, 1.807) is 44.3 Å². The van der Waals surface area contributed by atoms with Gasteiger partial charge in [-0.05, 0) is 81.8 Å². The van der Waals surface area contributed by atoms with Crippen molar-refractivity contribution in [3.05, 3.63) is 82.5 Å². The van der Waals surface area contributed by atoms with E-state index in [0.717, 1.165) is 36.9 Å². The van der Waals surface area contributed by atoms with Crippen LogP contribution in [0.5, 0.6) is 5.75 Å². The lowest BCUT2D eigenvalue weighted by Crippen LogP contribution is -2.63. The lowest BCUT2D eigenvalue weighted by atomic mass is 9.81. The van der Waals surface area contributed by atoms with Crippen molar-refractivity contribution >= 4 is 69.8 Å². The molecule has 2 aliphatic rings. The molecule has 7 unspecified atom stereocenters. The molecule has 5 rings (SSSR count). The number of aryl methyl sites for hydroxylation is 1. The van der Waals surface area contributed by atoms with Crippen LogP contribution >= 0.6 is 11.6 Å². The van der Waals surface area contributed by atoms with Gasteiger partial charge in [-0.3, -0.25) is 34.7 Å². The first-order chi connectivity index (χ1) is 38.8. The number of allylic oxidation sites excluding steroid dienone is 3. The average Bonchev–Trinajstić information content (AvgIpc) is 3.89. The summed E-state index contributed by atoms with van der Waals surface area (Å²) in [5.74, 6) is -4.50. The van der Waals surface area contributed by atoms with Crippen molar-refractivity contribution in [1.29, 1.82) is 0 Å². The van der Waals surface area contributed by atoms with Gasteiger partial charge in [0.25, 0.3) is 0 Å². The summed E-state index contributed by atoms with van der Waals surface area (Å²) >= 11 is 6.80. The Bertz CT molecular complexity index is 2810. The monoisotopic (exact) mass is 1170 g/mol. The standard InChI is InChI=1S/C57H82ClN9O15/c1-36-14-13-17-46(80-10)57(78)32-45(81-55(76)61-57)37(2)31-56(4,77)47(30-50(72)64(8)43-27-39(26-36)28-44(79-9)53(43)58)82-54(75)38(3)63(7)49(71)19-20-65(22-24-68)52(74)35-66(23-25-69)51(73)33-60-48(70)18-21-67-41(34-62(6)59-5)29-40-15-11-12-16-42(40)67/h11-17,27-29,37-38,45-47,59,68-69,77-78H,18-26,30-35H2,1-10H3,(H,60,70)(H,61,76). The Balaban J connectivity index is 1.27. The molecule has 3 aromatic rings. The average molecular weight is 1170 g/mol. The molecule has 1 saturated heterocycles. The minimum absolute atomic E-state index is 0.0434. The molecule has 0 spiro atoms. The molecule has 7 N–H and O–H groups in total. The molecule has 25 heteroatoms. The Labute approximate surface area is 483 Å². The number of hydrazine groups is 1. The van der Waals surface area contributed by atoms with Gasteiger partial charge in [0.05, 0.1) is 57.7 Å². The molecule has 0 aliphatic carbocycles. The van der Waals surface area contributed by atoms with Crippen LogP contribution in [0, 0.1) is 5.92 Å². The highest BCUT2D eigenvalue weighted by Crippen LogP contribution is 2.39. The number of para-hydroxylation sites is 1. The van der Waals surface area contributed by atoms with Crippen LogP contribution in [0.2, 0.25) is 5.02 Å². The Morgan fingerprint density at radius 1 is 0.963 bits per heavy atom. The first-order valence-corrected chi connectivity index (χ1v) is 27.6. The second-order valence-electron chi connectivity index (χ2n) is 21.2. The zero-order valence-electron chi connectivity index (χ0n) is 48.6. The number of nitrogens with one attached hydrogen (secondary N) is 3. The first-order valence-electron chi connectivity index (χ1n) is 27.2. The van der Waals surface area contributed by atoms with Gasteiger partial charge < -0.3 is 68.9 Å². The quantitative estimate of drug-likeness (QED) is 0.0561. The van der Waals surface area contributed by atoms with Crippen LogP contribution in [0.25, 0.3) is 10.9 Å². The summed E-state index contributed by atoms with van der Waals surface area (Å²) in [6, 6.07) is 11.9. The van der Waals surface area contributed by atoms with E-state index < -0.39 is 116 Å². The number of carbonyl (C=O) groups is 7. The number of nitrogens with zero attached hydrogens (tertiary/aromatic N) is 6. The molecule has 4 bridgehead atoms. The number of ether oxygens (including phenoxy) is 4. The topological polar surface area (TPSA) is 295 Å². The van der Waals surface area contributed by atoms with Crippen molar-refractivity contribution in [1.82, 2.24) is 40.3 Å². The molecule has 82 heavy (non-hydrogen) atoms. The number of hydrogen-bond acceptors (Lipinski definition) is 17. The van der Waals surface area contributed by atoms with Gasteiger partial charge in [-0.15, -0.1) is 0 Å². The molecule has 1 aromatic heterocycles. The highest BCUT2D eigenvalue weighted by atomic mass is 35.5. The lowest BCUT2D eigenvalue weighted by Gasteiger charge is -2.43.